The normalized spacial score (nSPS) is 15.7. The van der Waals surface area contributed by atoms with Crippen LogP contribution in [0, 0.1) is 29.2 Å². The van der Waals surface area contributed by atoms with Crippen molar-refractivity contribution in [1.82, 2.24) is 14.8 Å². The second-order valence-electron chi connectivity index (χ2n) is 9.60. The van der Waals surface area contributed by atoms with Crippen LogP contribution in [0.1, 0.15) is 29.7 Å². The van der Waals surface area contributed by atoms with Gasteiger partial charge in [-0.2, -0.15) is 8.78 Å². The minimum atomic E-state index is -1.86. The number of pyridine rings is 1. The fraction of sp³-hybridized carbons (Fsp3) is 0.370. The van der Waals surface area contributed by atoms with Crippen molar-refractivity contribution in [3.63, 3.8) is 0 Å². The van der Waals surface area contributed by atoms with E-state index in [1.807, 2.05) is 23.1 Å². The molecule has 13 heteroatoms. The van der Waals surface area contributed by atoms with Crippen LogP contribution in [0.5, 0.6) is 5.75 Å². The quantitative estimate of drug-likeness (QED) is 0.310. The topological polar surface area (TPSA) is 117 Å². The molecule has 9 nitrogen and oxygen atoms in total. The number of aromatic nitrogens is 1. The van der Waals surface area contributed by atoms with Crippen molar-refractivity contribution >= 4 is 29.5 Å². The number of aliphatic carboxylic acids is 1. The predicted molar refractivity (Wildman–Crippen MR) is 131 cm³/mol. The molecule has 0 unspecified atom stereocenters. The van der Waals surface area contributed by atoms with Crippen molar-refractivity contribution in [1.29, 1.82) is 0 Å². The fourth-order valence-corrected chi connectivity index (χ4v) is 4.57. The lowest BCUT2D eigenvalue weighted by Gasteiger charge is -2.34. The van der Waals surface area contributed by atoms with Gasteiger partial charge in [0.15, 0.2) is 29.0 Å². The van der Waals surface area contributed by atoms with Gasteiger partial charge in [0.2, 0.25) is 17.5 Å². The zero-order chi connectivity index (χ0) is 29.0. The summed E-state index contributed by atoms with van der Waals surface area (Å²) in [5, 5.41) is 9.16. The molecule has 212 valence electrons. The summed E-state index contributed by atoms with van der Waals surface area (Å²) in [4.78, 5) is 56.8. The third-order valence-corrected chi connectivity index (χ3v) is 6.62. The fourth-order valence-electron chi connectivity index (χ4n) is 4.57. The summed E-state index contributed by atoms with van der Waals surface area (Å²) in [7, 11) is 0. The van der Waals surface area contributed by atoms with Gasteiger partial charge in [0.05, 0.1) is 25.2 Å². The van der Waals surface area contributed by atoms with E-state index < -0.39 is 71.9 Å². The highest BCUT2D eigenvalue weighted by Gasteiger charge is 2.30. The van der Waals surface area contributed by atoms with Gasteiger partial charge >= 0.3 is 5.97 Å². The molecule has 2 aliphatic rings. The number of hydrogen-bond acceptors (Lipinski definition) is 7. The Balaban J connectivity index is 1.30. The first kappa shape index (κ1) is 28.9. The number of ether oxygens (including phenoxy) is 1. The average molecular weight is 564 g/mol. The van der Waals surface area contributed by atoms with E-state index in [0.717, 1.165) is 23.2 Å². The van der Waals surface area contributed by atoms with Gasteiger partial charge < -0.3 is 14.7 Å². The number of carboxylic acid groups (broad SMARTS) is 1. The number of fused-ring (bicyclic) bond motifs is 1. The van der Waals surface area contributed by atoms with Gasteiger partial charge in [-0.3, -0.25) is 29.1 Å². The van der Waals surface area contributed by atoms with Crippen LogP contribution in [0.4, 0.5) is 17.6 Å². The lowest BCUT2D eigenvalue weighted by atomic mass is 9.94. The van der Waals surface area contributed by atoms with Gasteiger partial charge in [0.1, 0.15) is 6.61 Å². The van der Waals surface area contributed by atoms with Crippen LogP contribution in [-0.2, 0) is 32.1 Å². The third-order valence-electron chi connectivity index (χ3n) is 6.62. The monoisotopic (exact) mass is 563 g/mol. The van der Waals surface area contributed by atoms with Crippen molar-refractivity contribution in [3.05, 3.63) is 64.5 Å². The van der Waals surface area contributed by atoms with E-state index in [0.29, 0.717) is 13.1 Å². The zero-order valence-corrected chi connectivity index (χ0v) is 21.2. The standard InChI is InChI=1S/C27H25F4N3O6/c28-19-9-20(29)26(31)27(25(19)30)40-14-22(36)17(8-24(38)39)7-18(35)12-34-5-4-33(13-23(34)37)11-15-6-16-2-1-3-21(16)32-10-15/h1-2,6,9-10,17H,3-5,7-8,11-14H2,(H,38,39)/t17-/m0/s1. The molecule has 40 heavy (non-hydrogen) atoms. The van der Waals surface area contributed by atoms with Crippen LogP contribution in [0.15, 0.2) is 24.4 Å². The molecule has 0 radical (unpaired) electrons. The van der Waals surface area contributed by atoms with Gasteiger partial charge in [-0.05, 0) is 17.2 Å². The van der Waals surface area contributed by atoms with E-state index in [4.69, 9.17) is 5.11 Å². The summed E-state index contributed by atoms with van der Waals surface area (Å²) in [6, 6.07) is 1.98. The molecular weight excluding hydrogens is 538 g/mol. The molecule has 1 fully saturated rings. The van der Waals surface area contributed by atoms with E-state index >= 15 is 0 Å². The Morgan fingerprint density at radius 3 is 2.45 bits per heavy atom. The summed E-state index contributed by atoms with van der Waals surface area (Å²) >= 11 is 0. The molecule has 1 aliphatic carbocycles. The lowest BCUT2D eigenvalue weighted by molar-refractivity contribution is -0.143. The molecule has 1 aromatic heterocycles. The van der Waals surface area contributed by atoms with Crippen LogP contribution in [-0.4, -0.2) is 76.1 Å². The molecule has 1 atom stereocenters. The molecule has 4 rings (SSSR count). The molecule has 0 spiro atoms. The number of hydrogen-bond donors (Lipinski definition) is 1. The highest BCUT2D eigenvalue weighted by molar-refractivity contribution is 5.93. The maximum absolute atomic E-state index is 13.8. The number of allylic oxidation sites excluding steroid dienone is 1. The van der Waals surface area contributed by atoms with E-state index in [-0.39, 0.29) is 31.6 Å². The Hall–Kier alpha value is -4.13. The Morgan fingerprint density at radius 1 is 1.05 bits per heavy atom. The van der Waals surface area contributed by atoms with E-state index in [9.17, 15) is 36.7 Å². The van der Waals surface area contributed by atoms with Gasteiger partial charge in [-0.25, -0.2) is 8.78 Å². The molecular formula is C27H25F4N3O6. The number of piperazine rings is 1. The molecule has 1 N–H and O–H groups in total. The first-order valence-corrected chi connectivity index (χ1v) is 12.4. The molecule has 0 bridgehead atoms. The van der Waals surface area contributed by atoms with Crippen LogP contribution in [0.3, 0.4) is 0 Å². The smallest absolute Gasteiger partial charge is 0.304 e. The van der Waals surface area contributed by atoms with Crippen molar-refractivity contribution < 1.29 is 46.6 Å². The summed E-state index contributed by atoms with van der Waals surface area (Å²) < 4.78 is 59.0. The molecule has 2 heterocycles. The number of rotatable bonds is 12. The van der Waals surface area contributed by atoms with E-state index in [2.05, 4.69) is 9.72 Å². The van der Waals surface area contributed by atoms with Crippen LogP contribution < -0.4 is 4.74 Å². The number of benzene rings is 1. The Labute approximate surface area is 226 Å². The minimum Gasteiger partial charge on any atom is -0.481 e. The summed E-state index contributed by atoms with van der Waals surface area (Å²) in [6.45, 7) is -0.251. The number of nitrogens with zero attached hydrogens (tertiary/aromatic N) is 3. The van der Waals surface area contributed by atoms with Gasteiger partial charge in [0, 0.05) is 50.7 Å². The number of halogens is 4. The van der Waals surface area contributed by atoms with Gasteiger partial charge in [-0.1, -0.05) is 12.2 Å². The van der Waals surface area contributed by atoms with Gasteiger partial charge in [-0.15, -0.1) is 0 Å². The van der Waals surface area contributed by atoms with Crippen LogP contribution >= 0.6 is 0 Å². The number of carbonyl (C=O) groups excluding carboxylic acids is 3. The number of Topliss-reactive ketones (excluding diaryl/α,β-unsaturated/α-hetero) is 2. The second-order valence-corrected chi connectivity index (χ2v) is 9.60. The average Bonchev–Trinajstić information content (AvgIpc) is 3.36. The van der Waals surface area contributed by atoms with Crippen molar-refractivity contribution in [2.75, 3.05) is 32.8 Å². The van der Waals surface area contributed by atoms with Crippen LogP contribution in [0.2, 0.25) is 0 Å². The predicted octanol–water partition coefficient (Wildman–Crippen LogP) is 2.55. The molecule has 1 aliphatic heterocycles. The molecule has 1 aromatic carbocycles. The summed E-state index contributed by atoms with van der Waals surface area (Å²) in [5.41, 5.74) is 2.99. The SMILES string of the molecule is O=C(O)C[C@H](CC(=O)CN1CCN(Cc2cnc3c(c2)C=CC3)CC1=O)C(=O)COc1c(F)c(F)cc(F)c1F. The molecule has 1 amide bonds. The third kappa shape index (κ3) is 6.89. The van der Waals surface area contributed by atoms with E-state index in [1.165, 1.54) is 4.90 Å². The number of ketones is 2. The number of amides is 1. The van der Waals surface area contributed by atoms with Gasteiger partial charge in [0.25, 0.3) is 0 Å². The number of carboxylic acids is 1. The Morgan fingerprint density at radius 2 is 1.77 bits per heavy atom. The lowest BCUT2D eigenvalue weighted by Crippen LogP contribution is -2.51. The van der Waals surface area contributed by atoms with Crippen LogP contribution in [0.25, 0.3) is 6.08 Å². The maximum atomic E-state index is 13.8. The summed E-state index contributed by atoms with van der Waals surface area (Å²) in [6.07, 6.45) is 5.18. The maximum Gasteiger partial charge on any atom is 0.304 e. The first-order chi connectivity index (χ1) is 19.0. The molecule has 2 aromatic rings. The zero-order valence-electron chi connectivity index (χ0n) is 21.2. The Kier molecular flexibility index (Phi) is 8.93. The van der Waals surface area contributed by atoms with Crippen molar-refractivity contribution in [2.45, 2.75) is 25.8 Å². The highest BCUT2D eigenvalue weighted by atomic mass is 19.2. The highest BCUT2D eigenvalue weighted by Crippen LogP contribution is 2.27. The summed E-state index contributed by atoms with van der Waals surface area (Å²) in [5.74, 6) is -13.5. The second kappa shape index (κ2) is 12.4. The van der Waals surface area contributed by atoms with Crippen molar-refractivity contribution in [2.24, 2.45) is 5.92 Å². The van der Waals surface area contributed by atoms with E-state index in [1.54, 1.807) is 6.20 Å². The Bertz CT molecular complexity index is 1360. The largest absolute Gasteiger partial charge is 0.481 e. The molecule has 0 saturated carbocycles. The minimum absolute atomic E-state index is 0.0336. The molecule has 1 saturated heterocycles. The first-order valence-electron chi connectivity index (χ1n) is 12.4. The van der Waals surface area contributed by atoms with Crippen molar-refractivity contribution in [3.8, 4) is 5.75 Å². The number of carbonyl (C=O) groups is 4.